The number of amides is 4. The van der Waals surface area contributed by atoms with E-state index in [-0.39, 0.29) is 41.9 Å². The molecule has 17 heteroatoms. The number of methoxy groups -OCH3 is 2. The van der Waals surface area contributed by atoms with Crippen molar-refractivity contribution in [3.8, 4) is 6.07 Å². The van der Waals surface area contributed by atoms with E-state index in [1.807, 2.05) is 30.6 Å². The number of fused-ring (bicyclic) bond motifs is 2. The standard InChI is InChI=1S/C51H63N11O6/c1-6-35(57-50(65)67-4)48(63)60-24-10-12-43(60)46-53-36-17-14-31(27-38(36)55-46)41-20-21-42(62(41)34-16-19-40(33(26-34)29-52)59-22-8-7-9-23-59)32-15-18-37-39(28-32)56-47(54-37)44-13-11-25-61(44)49(64)45(30(2)3)58-51(66)68-5/h14-19,26-28,30,35,41-45H,6-13,20-25H2,1-5H3,(H,53,55)(H,54,56)(H,57,65)(H,58,66). The number of carbonyl (C=O) groups is 4. The summed E-state index contributed by atoms with van der Waals surface area (Å²) in [7, 11) is 2.59. The number of rotatable bonds is 12. The van der Waals surface area contributed by atoms with Gasteiger partial charge in [-0.3, -0.25) is 9.59 Å². The van der Waals surface area contributed by atoms with Crippen LogP contribution in [0.1, 0.15) is 137 Å². The molecule has 4 saturated heterocycles. The molecular weight excluding hydrogens is 863 g/mol. The predicted octanol–water partition coefficient (Wildman–Crippen LogP) is 8.23. The van der Waals surface area contributed by atoms with Crippen molar-refractivity contribution in [3.63, 3.8) is 0 Å². The lowest BCUT2D eigenvalue weighted by atomic mass is 10.0. The topological polar surface area (TPSA) is 205 Å². The molecule has 3 aromatic carbocycles. The molecule has 17 nitrogen and oxygen atoms in total. The van der Waals surface area contributed by atoms with Crippen LogP contribution in [-0.2, 0) is 19.1 Å². The number of nitriles is 1. The number of likely N-dealkylation sites (tertiary alicyclic amines) is 2. The molecule has 4 aliphatic heterocycles. The summed E-state index contributed by atoms with van der Waals surface area (Å²) >= 11 is 0. The summed E-state index contributed by atoms with van der Waals surface area (Å²) in [6.07, 6.45) is 7.45. The van der Waals surface area contributed by atoms with Crippen molar-refractivity contribution in [2.45, 2.75) is 121 Å². The van der Waals surface area contributed by atoms with Crippen molar-refractivity contribution in [3.05, 3.63) is 82.9 Å². The van der Waals surface area contributed by atoms with Crippen LogP contribution >= 0.6 is 0 Å². The van der Waals surface area contributed by atoms with Gasteiger partial charge in [0, 0.05) is 31.9 Å². The van der Waals surface area contributed by atoms with Gasteiger partial charge in [-0.05, 0) is 124 Å². The highest BCUT2D eigenvalue weighted by Crippen LogP contribution is 2.49. The van der Waals surface area contributed by atoms with Gasteiger partial charge in [0.25, 0.3) is 0 Å². The van der Waals surface area contributed by atoms with Gasteiger partial charge in [-0.15, -0.1) is 0 Å². The van der Waals surface area contributed by atoms with E-state index >= 15 is 0 Å². The number of hydrogen-bond acceptors (Lipinski definition) is 11. The summed E-state index contributed by atoms with van der Waals surface area (Å²) in [6.45, 7) is 8.70. The van der Waals surface area contributed by atoms with Crippen molar-refractivity contribution in [1.82, 2.24) is 40.4 Å². The number of aromatic nitrogens is 4. The Bertz CT molecular complexity index is 2720. The highest BCUT2D eigenvalue weighted by atomic mass is 16.5. The SMILES string of the molecule is CCC(NC(=O)OC)C(=O)N1CCCC1c1nc2ccc(C3CCC(c4ccc5nc(C6CCCN6C(=O)C(NC(=O)OC)C(C)C)[nH]c5c4)N3c3ccc(N4CCCCC4)c(C#N)c3)cc2[nH]1. The summed E-state index contributed by atoms with van der Waals surface area (Å²) < 4.78 is 9.63. The zero-order valence-corrected chi connectivity index (χ0v) is 39.7. The number of piperidine rings is 1. The summed E-state index contributed by atoms with van der Waals surface area (Å²) in [4.78, 5) is 77.6. The second-order valence-corrected chi connectivity index (χ2v) is 19.0. The molecule has 68 heavy (non-hydrogen) atoms. The molecule has 4 aliphatic rings. The Hall–Kier alpha value is -6.83. The van der Waals surface area contributed by atoms with Crippen molar-refractivity contribution < 1.29 is 28.7 Å². The lowest BCUT2D eigenvalue weighted by molar-refractivity contribution is -0.135. The number of anilines is 2. The van der Waals surface area contributed by atoms with E-state index in [2.05, 4.69) is 91.1 Å². The number of imidazole rings is 2. The number of hydrogen-bond donors (Lipinski definition) is 4. The minimum atomic E-state index is -0.725. The quantitative estimate of drug-likeness (QED) is 0.0938. The van der Waals surface area contributed by atoms with E-state index in [4.69, 9.17) is 19.4 Å². The maximum absolute atomic E-state index is 13.9. The fourth-order valence-corrected chi connectivity index (χ4v) is 11.1. The Kier molecular flexibility index (Phi) is 13.5. The fraction of sp³-hybridized carbons (Fsp3) is 0.510. The predicted molar refractivity (Wildman–Crippen MR) is 258 cm³/mol. The monoisotopic (exact) mass is 925 g/mol. The maximum atomic E-state index is 13.9. The molecule has 358 valence electrons. The highest BCUT2D eigenvalue weighted by Gasteiger charge is 2.40. The third-order valence-corrected chi connectivity index (χ3v) is 14.6. The minimum Gasteiger partial charge on any atom is -0.453 e. The van der Waals surface area contributed by atoms with Crippen molar-refractivity contribution in [2.24, 2.45) is 5.92 Å². The third-order valence-electron chi connectivity index (χ3n) is 14.6. The largest absolute Gasteiger partial charge is 0.453 e. The van der Waals surface area contributed by atoms with Crippen LogP contribution in [0.5, 0.6) is 0 Å². The fourth-order valence-electron chi connectivity index (χ4n) is 11.1. The molecule has 6 atom stereocenters. The number of benzene rings is 3. The average molecular weight is 926 g/mol. The van der Waals surface area contributed by atoms with Gasteiger partial charge in [-0.25, -0.2) is 19.6 Å². The van der Waals surface area contributed by atoms with Crippen LogP contribution in [0, 0.1) is 17.2 Å². The number of alkyl carbamates (subject to hydrolysis) is 2. The van der Waals surface area contributed by atoms with Crippen LogP contribution < -0.4 is 20.4 Å². The number of carbonyl (C=O) groups excluding carboxylic acids is 4. The van der Waals surface area contributed by atoms with Crippen LogP contribution in [-0.4, -0.2) is 106 Å². The first-order valence-electron chi connectivity index (χ1n) is 24.4. The maximum Gasteiger partial charge on any atom is 0.407 e. The van der Waals surface area contributed by atoms with Gasteiger partial charge < -0.3 is 49.7 Å². The van der Waals surface area contributed by atoms with E-state index < -0.39 is 24.3 Å². The summed E-state index contributed by atoms with van der Waals surface area (Å²) in [5.74, 6) is 0.999. The average Bonchev–Trinajstić information content (AvgIpc) is 4.23. The van der Waals surface area contributed by atoms with Gasteiger partial charge in [0.1, 0.15) is 29.8 Å². The second kappa shape index (κ2) is 19.8. The molecule has 4 amide bonds. The van der Waals surface area contributed by atoms with Crippen molar-refractivity contribution in [1.29, 1.82) is 5.26 Å². The Morgan fingerprint density at radius 2 is 1.26 bits per heavy atom. The van der Waals surface area contributed by atoms with Gasteiger partial charge in [-0.1, -0.05) is 32.9 Å². The molecule has 0 spiro atoms. The van der Waals surface area contributed by atoms with Crippen LogP contribution in [0.4, 0.5) is 21.0 Å². The molecule has 9 rings (SSSR count). The number of aromatic amines is 2. The summed E-state index contributed by atoms with van der Waals surface area (Å²) in [5, 5.41) is 16.0. The zero-order chi connectivity index (χ0) is 47.6. The first kappa shape index (κ1) is 46.3. The van der Waals surface area contributed by atoms with E-state index in [0.29, 0.717) is 25.1 Å². The Morgan fingerprint density at radius 3 is 1.79 bits per heavy atom. The Labute approximate surface area is 396 Å². The van der Waals surface area contributed by atoms with E-state index in [9.17, 15) is 24.4 Å². The van der Waals surface area contributed by atoms with Gasteiger partial charge in [0.15, 0.2) is 0 Å². The van der Waals surface area contributed by atoms with Gasteiger partial charge in [0.2, 0.25) is 11.8 Å². The molecule has 4 N–H and O–H groups in total. The lowest BCUT2D eigenvalue weighted by Gasteiger charge is -2.35. The third kappa shape index (κ3) is 9.00. The molecule has 4 fully saturated rings. The van der Waals surface area contributed by atoms with Crippen molar-refractivity contribution in [2.75, 3.05) is 50.2 Å². The van der Waals surface area contributed by atoms with E-state index in [0.717, 1.165) is 121 Å². The minimum absolute atomic E-state index is 0.0404. The molecule has 0 radical (unpaired) electrons. The van der Waals surface area contributed by atoms with Gasteiger partial charge in [0.05, 0.1) is 71.7 Å². The highest BCUT2D eigenvalue weighted by molar-refractivity contribution is 5.87. The van der Waals surface area contributed by atoms with Crippen LogP contribution in [0.3, 0.4) is 0 Å². The Balaban J connectivity index is 1.03. The second-order valence-electron chi connectivity index (χ2n) is 19.0. The van der Waals surface area contributed by atoms with E-state index in [1.165, 1.54) is 20.6 Å². The van der Waals surface area contributed by atoms with Gasteiger partial charge in [-0.2, -0.15) is 5.26 Å². The molecule has 0 bridgehead atoms. The van der Waals surface area contributed by atoms with Crippen LogP contribution in [0.15, 0.2) is 54.6 Å². The van der Waals surface area contributed by atoms with Gasteiger partial charge >= 0.3 is 12.2 Å². The molecular formula is C51H63N11O6. The number of H-pyrrole nitrogens is 2. The Morgan fingerprint density at radius 1 is 0.706 bits per heavy atom. The summed E-state index contributed by atoms with van der Waals surface area (Å²) in [5.41, 5.74) is 8.21. The molecule has 5 aromatic rings. The first-order valence-corrected chi connectivity index (χ1v) is 24.4. The van der Waals surface area contributed by atoms with Crippen LogP contribution in [0.2, 0.25) is 0 Å². The number of nitrogens with one attached hydrogen (secondary N) is 4. The number of nitrogens with zero attached hydrogens (tertiary/aromatic N) is 7. The van der Waals surface area contributed by atoms with E-state index in [1.54, 1.807) is 0 Å². The zero-order valence-electron chi connectivity index (χ0n) is 39.7. The molecule has 0 saturated carbocycles. The molecule has 2 aromatic heterocycles. The number of ether oxygens (including phenoxy) is 2. The molecule has 6 unspecified atom stereocenters. The smallest absolute Gasteiger partial charge is 0.407 e. The molecule has 6 heterocycles. The van der Waals surface area contributed by atoms with Crippen molar-refractivity contribution >= 4 is 57.4 Å². The summed E-state index contributed by atoms with van der Waals surface area (Å²) in [6, 6.07) is 19.6. The molecule has 0 aliphatic carbocycles. The van der Waals surface area contributed by atoms with Crippen LogP contribution in [0.25, 0.3) is 22.1 Å². The first-order chi connectivity index (χ1) is 33.0. The normalized spacial score (nSPS) is 21.6. The lowest BCUT2D eigenvalue weighted by Crippen LogP contribution is -2.51.